The van der Waals surface area contributed by atoms with Crippen LogP contribution in [-0.2, 0) is 23.6 Å². The first kappa shape index (κ1) is 14.7. The molecule has 1 aromatic rings. The molecule has 1 N–H and O–H groups in total. The van der Waals surface area contributed by atoms with Crippen LogP contribution in [0.15, 0.2) is 23.1 Å². The normalized spacial score (nSPS) is 18.1. The van der Waals surface area contributed by atoms with Gasteiger partial charge in [0.05, 0.1) is 10.8 Å². The Morgan fingerprint density at radius 2 is 1.95 bits per heavy atom. The summed E-state index contributed by atoms with van der Waals surface area (Å²) in [6.45, 7) is 6.57. The maximum absolute atomic E-state index is 12.5. The van der Waals surface area contributed by atoms with E-state index in [4.69, 9.17) is 0 Å². The molecule has 0 bridgehead atoms. The third kappa shape index (κ3) is 3.46. The van der Waals surface area contributed by atoms with Gasteiger partial charge in [-0.3, -0.25) is 4.21 Å². The number of aryl methyl sites for hydroxylation is 2. The smallest absolute Gasteiger partial charge is 0.0545 e. The van der Waals surface area contributed by atoms with Crippen molar-refractivity contribution in [1.29, 1.82) is 0 Å². The summed E-state index contributed by atoms with van der Waals surface area (Å²) in [6.07, 6.45) is 3.57. The highest BCUT2D eigenvalue weighted by molar-refractivity contribution is 7.85. The van der Waals surface area contributed by atoms with Crippen molar-refractivity contribution < 1.29 is 4.21 Å². The molecule has 2 rings (SSSR count). The maximum Gasteiger partial charge on any atom is 0.0545 e. The molecular weight excluding hydrogens is 254 g/mol. The zero-order valence-electron chi connectivity index (χ0n) is 12.5. The molecule has 0 saturated heterocycles. The van der Waals surface area contributed by atoms with Gasteiger partial charge >= 0.3 is 0 Å². The minimum absolute atomic E-state index is 0.126. The summed E-state index contributed by atoms with van der Waals surface area (Å²) >= 11 is 0. The summed E-state index contributed by atoms with van der Waals surface area (Å²) in [5.74, 6) is 0.679. The highest BCUT2D eigenvalue weighted by Gasteiger charge is 2.25. The predicted molar refractivity (Wildman–Crippen MR) is 82.0 cm³/mol. The van der Waals surface area contributed by atoms with Crippen LogP contribution in [-0.4, -0.2) is 23.1 Å². The van der Waals surface area contributed by atoms with Crippen molar-refractivity contribution in [3.05, 3.63) is 29.3 Å². The molecule has 19 heavy (non-hydrogen) atoms. The number of hydrogen-bond acceptors (Lipinski definition) is 2. The second-order valence-corrected chi connectivity index (χ2v) is 8.00. The first-order valence-electron chi connectivity index (χ1n) is 7.09. The first-order chi connectivity index (χ1) is 8.91. The molecule has 0 fully saturated rings. The Morgan fingerprint density at radius 1 is 1.26 bits per heavy atom. The van der Waals surface area contributed by atoms with Gasteiger partial charge in [0.1, 0.15) is 0 Å². The van der Waals surface area contributed by atoms with Crippen LogP contribution in [0.25, 0.3) is 0 Å². The van der Waals surface area contributed by atoms with Crippen molar-refractivity contribution in [1.82, 2.24) is 5.32 Å². The summed E-state index contributed by atoms with van der Waals surface area (Å²) in [4.78, 5) is 0.991. The number of fused-ring (bicyclic) bond motifs is 1. The summed E-state index contributed by atoms with van der Waals surface area (Å²) in [5.41, 5.74) is 2.98. The highest BCUT2D eigenvalue weighted by atomic mass is 32.2. The van der Waals surface area contributed by atoms with Crippen LogP contribution in [0.4, 0.5) is 0 Å². The molecule has 1 aliphatic carbocycles. The monoisotopic (exact) mass is 279 g/mol. The molecule has 2 atom stereocenters. The van der Waals surface area contributed by atoms with Crippen molar-refractivity contribution in [3.63, 3.8) is 0 Å². The van der Waals surface area contributed by atoms with Crippen LogP contribution in [0.1, 0.15) is 38.3 Å². The lowest BCUT2D eigenvalue weighted by atomic mass is 9.88. The van der Waals surface area contributed by atoms with Crippen LogP contribution < -0.4 is 5.32 Å². The van der Waals surface area contributed by atoms with Gasteiger partial charge in [-0.05, 0) is 55.0 Å². The molecular formula is C16H25NOS. The van der Waals surface area contributed by atoms with Crippen LogP contribution in [0.5, 0.6) is 0 Å². The molecule has 0 aromatic heterocycles. The summed E-state index contributed by atoms with van der Waals surface area (Å²) in [7, 11) is 1.04. The van der Waals surface area contributed by atoms with E-state index in [-0.39, 0.29) is 11.5 Å². The van der Waals surface area contributed by atoms with E-state index in [1.807, 2.05) is 7.05 Å². The van der Waals surface area contributed by atoms with E-state index in [1.165, 1.54) is 24.0 Å². The van der Waals surface area contributed by atoms with Crippen LogP contribution in [0.2, 0.25) is 0 Å². The molecule has 106 valence electrons. The van der Waals surface area contributed by atoms with Crippen molar-refractivity contribution in [2.75, 3.05) is 12.8 Å². The van der Waals surface area contributed by atoms with Crippen molar-refractivity contribution >= 4 is 10.8 Å². The Labute approximate surface area is 119 Å². The molecule has 1 aromatic carbocycles. The SMILES string of the molecule is CNC(CS(=O)c1ccc2c(c1)CCC2)C(C)(C)C. The lowest BCUT2D eigenvalue weighted by molar-refractivity contribution is 0.304. The van der Waals surface area contributed by atoms with E-state index in [9.17, 15) is 4.21 Å². The maximum atomic E-state index is 12.5. The minimum atomic E-state index is -0.915. The van der Waals surface area contributed by atoms with Crippen molar-refractivity contribution in [3.8, 4) is 0 Å². The van der Waals surface area contributed by atoms with Gasteiger partial charge in [0.25, 0.3) is 0 Å². The minimum Gasteiger partial charge on any atom is -0.316 e. The predicted octanol–water partition coefficient (Wildman–Crippen LogP) is 2.92. The molecule has 0 aliphatic heterocycles. The standard InChI is InChI=1S/C16H25NOS/c1-16(2,3)15(17-4)11-19(18)14-9-8-12-6-5-7-13(12)10-14/h8-10,15,17H,5-7,11H2,1-4H3. The van der Waals surface area contributed by atoms with Gasteiger partial charge < -0.3 is 5.32 Å². The Hall–Kier alpha value is -0.670. The fraction of sp³-hybridized carbons (Fsp3) is 0.625. The molecule has 2 unspecified atom stereocenters. The zero-order valence-corrected chi connectivity index (χ0v) is 13.3. The summed E-state index contributed by atoms with van der Waals surface area (Å²) < 4.78 is 12.5. The molecule has 1 aliphatic rings. The van der Waals surface area contributed by atoms with E-state index in [0.717, 1.165) is 11.3 Å². The van der Waals surface area contributed by atoms with Crippen LogP contribution in [0.3, 0.4) is 0 Å². The third-order valence-corrected chi connectivity index (χ3v) is 5.46. The molecule has 3 heteroatoms. The Kier molecular flexibility index (Phi) is 4.46. The highest BCUT2D eigenvalue weighted by Crippen LogP contribution is 2.26. The lowest BCUT2D eigenvalue weighted by Crippen LogP contribution is -2.42. The summed E-state index contributed by atoms with van der Waals surface area (Å²) in [5, 5.41) is 3.30. The van der Waals surface area contributed by atoms with Gasteiger partial charge in [-0.1, -0.05) is 26.8 Å². The molecule has 0 amide bonds. The van der Waals surface area contributed by atoms with E-state index in [0.29, 0.717) is 5.75 Å². The summed E-state index contributed by atoms with van der Waals surface area (Å²) in [6, 6.07) is 6.64. The first-order valence-corrected chi connectivity index (χ1v) is 8.41. The van der Waals surface area contributed by atoms with E-state index in [1.54, 1.807) is 0 Å². The Balaban J connectivity index is 2.12. The fourth-order valence-corrected chi connectivity index (χ4v) is 4.36. The topological polar surface area (TPSA) is 29.1 Å². The number of hydrogen-bond donors (Lipinski definition) is 1. The molecule has 0 saturated carbocycles. The number of nitrogens with one attached hydrogen (secondary N) is 1. The van der Waals surface area contributed by atoms with Crippen molar-refractivity contribution in [2.24, 2.45) is 5.41 Å². The molecule has 2 nitrogen and oxygen atoms in total. The largest absolute Gasteiger partial charge is 0.316 e. The fourth-order valence-electron chi connectivity index (χ4n) is 2.70. The second kappa shape index (κ2) is 5.76. The molecule has 0 heterocycles. The zero-order chi connectivity index (χ0) is 14.0. The molecule has 0 radical (unpaired) electrons. The van der Waals surface area contributed by atoms with Gasteiger partial charge in [0.15, 0.2) is 0 Å². The van der Waals surface area contributed by atoms with Gasteiger partial charge in [0, 0.05) is 16.7 Å². The van der Waals surface area contributed by atoms with E-state index < -0.39 is 10.8 Å². The van der Waals surface area contributed by atoms with E-state index >= 15 is 0 Å². The van der Waals surface area contributed by atoms with Crippen LogP contribution in [0, 0.1) is 5.41 Å². The number of benzene rings is 1. The van der Waals surface area contributed by atoms with Gasteiger partial charge in [-0.25, -0.2) is 0 Å². The second-order valence-electron chi connectivity index (χ2n) is 6.50. The van der Waals surface area contributed by atoms with Gasteiger partial charge in [-0.2, -0.15) is 0 Å². The van der Waals surface area contributed by atoms with E-state index in [2.05, 4.69) is 44.3 Å². The molecule has 0 spiro atoms. The third-order valence-electron chi connectivity index (χ3n) is 4.04. The average molecular weight is 279 g/mol. The Bertz CT molecular complexity index is 476. The Morgan fingerprint density at radius 3 is 2.58 bits per heavy atom. The van der Waals surface area contributed by atoms with Crippen molar-refractivity contribution in [2.45, 2.75) is 51.0 Å². The van der Waals surface area contributed by atoms with Gasteiger partial charge in [0.2, 0.25) is 0 Å². The van der Waals surface area contributed by atoms with Gasteiger partial charge in [-0.15, -0.1) is 0 Å². The number of rotatable bonds is 4. The lowest BCUT2D eigenvalue weighted by Gasteiger charge is -2.30. The average Bonchev–Trinajstić information content (AvgIpc) is 2.81. The quantitative estimate of drug-likeness (QED) is 0.918. The van der Waals surface area contributed by atoms with Crippen LogP contribution >= 0.6 is 0 Å².